The van der Waals surface area contributed by atoms with E-state index in [0.29, 0.717) is 17.7 Å². The molecule has 110 valence electrons. The van der Waals surface area contributed by atoms with Crippen LogP contribution in [-0.4, -0.2) is 21.6 Å². The molecule has 0 aliphatic heterocycles. The summed E-state index contributed by atoms with van der Waals surface area (Å²) in [7, 11) is 0. The van der Waals surface area contributed by atoms with Crippen molar-refractivity contribution in [3.63, 3.8) is 0 Å². The van der Waals surface area contributed by atoms with Gasteiger partial charge in [-0.1, -0.05) is 0 Å². The van der Waals surface area contributed by atoms with Gasteiger partial charge in [0.1, 0.15) is 17.5 Å². The normalized spacial score (nSPS) is 8.33. The van der Waals surface area contributed by atoms with Crippen molar-refractivity contribution in [1.29, 1.82) is 5.26 Å². The Morgan fingerprint density at radius 3 is 1.95 bits per heavy atom. The molecule has 21 heavy (non-hydrogen) atoms. The third kappa shape index (κ3) is 10.4. The second kappa shape index (κ2) is 12.7. The maximum Gasteiger partial charge on any atom is 0.168 e. The zero-order valence-electron chi connectivity index (χ0n) is 10.5. The zero-order chi connectivity index (χ0) is 16.1. The molecular formula is C13H9Br2Cl2N3O. The van der Waals surface area contributed by atoms with Crippen molar-refractivity contribution in [3.8, 4) is 6.07 Å². The van der Waals surface area contributed by atoms with E-state index in [9.17, 15) is 4.79 Å². The Morgan fingerprint density at radius 2 is 1.62 bits per heavy atom. The summed E-state index contributed by atoms with van der Waals surface area (Å²) < 4.78 is 1.77. The van der Waals surface area contributed by atoms with E-state index < -0.39 is 0 Å². The molecule has 2 heterocycles. The van der Waals surface area contributed by atoms with Crippen LogP contribution in [0.5, 0.6) is 0 Å². The number of alkyl halides is 2. The van der Waals surface area contributed by atoms with Gasteiger partial charge in [-0.2, -0.15) is 5.26 Å². The molecule has 0 saturated carbocycles. The molecule has 0 aliphatic rings. The number of rotatable bonds is 1. The average Bonchev–Trinajstić information content (AvgIpc) is 2.50. The second-order valence-corrected chi connectivity index (χ2v) is 5.73. The molecule has 0 aliphatic carbocycles. The van der Waals surface area contributed by atoms with Crippen molar-refractivity contribution in [2.45, 2.75) is 0 Å². The van der Waals surface area contributed by atoms with E-state index in [0.717, 1.165) is 8.95 Å². The summed E-state index contributed by atoms with van der Waals surface area (Å²) in [5, 5.41) is 8.50. The minimum Gasteiger partial charge on any atom is -0.296 e. The van der Waals surface area contributed by atoms with E-state index in [-0.39, 0.29) is 5.34 Å². The fourth-order valence-electron chi connectivity index (χ4n) is 0.899. The molecule has 2 aromatic rings. The molecule has 0 aromatic carbocycles. The van der Waals surface area contributed by atoms with Gasteiger partial charge in [-0.3, -0.25) is 9.78 Å². The van der Waals surface area contributed by atoms with Crippen molar-refractivity contribution < 1.29 is 4.79 Å². The smallest absolute Gasteiger partial charge is 0.168 e. The molecule has 2 rings (SSSR count). The Labute approximate surface area is 149 Å². The number of nitrogens with zero attached hydrogens (tertiary/aromatic N) is 3. The Balaban J connectivity index is 0.000000322. The number of halogens is 4. The van der Waals surface area contributed by atoms with Gasteiger partial charge in [0, 0.05) is 21.3 Å². The third-order valence-electron chi connectivity index (χ3n) is 1.71. The molecule has 0 saturated heterocycles. The molecule has 0 atom stereocenters. The highest BCUT2D eigenvalue weighted by atomic mass is 79.9. The number of hydrogen-bond donors (Lipinski definition) is 0. The van der Waals surface area contributed by atoms with E-state index in [1.165, 1.54) is 0 Å². The number of pyridine rings is 2. The molecule has 4 nitrogen and oxygen atoms in total. The van der Waals surface area contributed by atoms with Crippen LogP contribution in [0.15, 0.2) is 45.6 Å². The van der Waals surface area contributed by atoms with Crippen LogP contribution in [-0.2, 0) is 0 Å². The summed E-state index contributed by atoms with van der Waals surface area (Å²) in [4.78, 5) is 17.6. The van der Waals surface area contributed by atoms with Gasteiger partial charge in [0.15, 0.2) is 6.29 Å². The largest absolute Gasteiger partial charge is 0.296 e. The summed E-state index contributed by atoms with van der Waals surface area (Å²) in [6.45, 7) is 0. The number of carbonyl (C=O) groups is 1. The van der Waals surface area contributed by atoms with Crippen molar-refractivity contribution in [2.75, 3.05) is 5.34 Å². The lowest BCUT2D eigenvalue weighted by molar-refractivity contribution is 0.111. The van der Waals surface area contributed by atoms with Gasteiger partial charge in [0.2, 0.25) is 0 Å². The minimum atomic E-state index is 0.194. The number of carbonyl (C=O) groups excluding carboxylic acids is 1. The molecule has 0 N–H and O–H groups in total. The first-order valence-corrected chi connectivity index (χ1v) is 7.93. The predicted molar refractivity (Wildman–Crippen MR) is 90.5 cm³/mol. The van der Waals surface area contributed by atoms with E-state index in [1.54, 1.807) is 36.7 Å². The maximum absolute atomic E-state index is 10.0. The molecule has 0 spiro atoms. The fourth-order valence-corrected chi connectivity index (χ4v) is 1.37. The Kier molecular flexibility index (Phi) is 12.1. The molecule has 0 radical (unpaired) electrons. The third-order valence-corrected chi connectivity index (χ3v) is 2.65. The summed E-state index contributed by atoms with van der Waals surface area (Å²) in [5.41, 5.74) is 0.899. The number of nitriles is 1. The summed E-state index contributed by atoms with van der Waals surface area (Å²) in [6.07, 6.45) is 3.90. The number of hydrogen-bond acceptors (Lipinski definition) is 4. The van der Waals surface area contributed by atoms with Crippen LogP contribution >= 0.6 is 55.1 Å². The van der Waals surface area contributed by atoms with Crippen molar-refractivity contribution in [1.82, 2.24) is 9.97 Å². The minimum absolute atomic E-state index is 0.194. The van der Waals surface area contributed by atoms with Crippen LogP contribution in [0.3, 0.4) is 0 Å². The van der Waals surface area contributed by atoms with E-state index in [1.807, 2.05) is 6.07 Å². The number of aromatic nitrogens is 2. The Morgan fingerprint density at radius 1 is 1.10 bits per heavy atom. The van der Waals surface area contributed by atoms with Gasteiger partial charge >= 0.3 is 0 Å². The first-order valence-electron chi connectivity index (χ1n) is 5.27. The topological polar surface area (TPSA) is 66.6 Å². The van der Waals surface area contributed by atoms with E-state index >= 15 is 0 Å². The van der Waals surface area contributed by atoms with Crippen molar-refractivity contribution in [3.05, 3.63) is 57.0 Å². The second-order valence-electron chi connectivity index (χ2n) is 3.09. The average molecular weight is 454 g/mol. The van der Waals surface area contributed by atoms with Crippen LogP contribution in [0.25, 0.3) is 0 Å². The van der Waals surface area contributed by atoms with Gasteiger partial charge in [0.05, 0.1) is 5.34 Å². The standard InChI is InChI=1S/C6H3BrN2.C6H4BrNO.CH2Cl2/c7-5-1-2-6(3-8)9-4-5;7-5-1-2-6(4-9)8-3-5;2-1-3/h1-2,4H;1-4H;1H2. The lowest BCUT2D eigenvalue weighted by atomic mass is 10.4. The lowest BCUT2D eigenvalue weighted by Crippen LogP contribution is -1.82. The van der Waals surface area contributed by atoms with Crippen LogP contribution in [0, 0.1) is 11.3 Å². The first kappa shape index (κ1) is 20.0. The quantitative estimate of drug-likeness (QED) is 0.459. The molecular weight excluding hydrogens is 445 g/mol. The van der Waals surface area contributed by atoms with Gasteiger partial charge in [-0.05, 0) is 56.1 Å². The van der Waals surface area contributed by atoms with Crippen molar-refractivity contribution >= 4 is 61.3 Å². The highest BCUT2D eigenvalue weighted by molar-refractivity contribution is 9.10. The molecule has 0 unspecified atom stereocenters. The molecule has 2 aromatic heterocycles. The first-order chi connectivity index (χ1) is 10.1. The summed E-state index contributed by atoms with van der Waals surface area (Å²) >= 11 is 15.9. The Hall–Kier alpha value is -1.00. The summed E-state index contributed by atoms with van der Waals surface area (Å²) in [6, 6.07) is 8.79. The molecule has 8 heteroatoms. The van der Waals surface area contributed by atoms with Crippen molar-refractivity contribution in [2.24, 2.45) is 0 Å². The highest BCUT2D eigenvalue weighted by Crippen LogP contribution is 2.06. The molecule has 0 amide bonds. The van der Waals surface area contributed by atoms with Gasteiger partial charge in [-0.25, -0.2) is 4.98 Å². The SMILES string of the molecule is ClCCl.N#Cc1ccc(Br)cn1.O=Cc1ccc(Br)cn1. The van der Waals surface area contributed by atoms with Crippen LogP contribution in [0.2, 0.25) is 0 Å². The van der Waals surface area contributed by atoms with Gasteiger partial charge in [0.25, 0.3) is 0 Å². The van der Waals surface area contributed by atoms with Gasteiger partial charge < -0.3 is 0 Å². The van der Waals surface area contributed by atoms with E-state index in [2.05, 4.69) is 41.8 Å². The monoisotopic (exact) mass is 451 g/mol. The predicted octanol–water partition coefficient (Wildman–Crippen LogP) is 4.79. The van der Waals surface area contributed by atoms with Crippen LogP contribution in [0.4, 0.5) is 0 Å². The molecule has 0 fully saturated rings. The summed E-state index contributed by atoms with van der Waals surface area (Å²) in [5.74, 6) is 0. The van der Waals surface area contributed by atoms with Gasteiger partial charge in [-0.15, -0.1) is 23.2 Å². The van der Waals surface area contributed by atoms with Crippen LogP contribution in [0.1, 0.15) is 16.2 Å². The highest BCUT2D eigenvalue weighted by Gasteiger charge is 1.88. The number of aldehydes is 1. The molecule has 0 bridgehead atoms. The Bertz CT molecular complexity index is 571. The van der Waals surface area contributed by atoms with Crippen LogP contribution < -0.4 is 0 Å². The fraction of sp³-hybridized carbons (Fsp3) is 0.0769. The lowest BCUT2D eigenvalue weighted by Gasteiger charge is -1.87. The zero-order valence-corrected chi connectivity index (χ0v) is 15.2. The van der Waals surface area contributed by atoms with E-state index in [4.69, 9.17) is 28.5 Å². The maximum atomic E-state index is 10.0.